The zero-order chi connectivity index (χ0) is 19.3. The highest BCUT2D eigenvalue weighted by molar-refractivity contribution is 6.30. The van der Waals surface area contributed by atoms with Crippen molar-refractivity contribution in [3.8, 4) is 5.75 Å². The van der Waals surface area contributed by atoms with Crippen molar-refractivity contribution in [3.63, 3.8) is 0 Å². The topological polar surface area (TPSA) is 85.9 Å². The molecule has 2 aromatic rings. The fraction of sp³-hybridized carbons (Fsp3) is 0.278. The van der Waals surface area contributed by atoms with Crippen LogP contribution in [-0.2, 0) is 11.3 Å². The van der Waals surface area contributed by atoms with Gasteiger partial charge >= 0.3 is 0 Å². The molecule has 0 radical (unpaired) electrons. The van der Waals surface area contributed by atoms with Gasteiger partial charge in [0.15, 0.2) is 6.54 Å². The molecule has 0 fully saturated rings. The summed E-state index contributed by atoms with van der Waals surface area (Å²) in [7, 11) is 3.48. The van der Waals surface area contributed by atoms with Gasteiger partial charge in [0.25, 0.3) is 11.6 Å². The number of anilines is 1. The van der Waals surface area contributed by atoms with Crippen molar-refractivity contribution in [2.24, 2.45) is 0 Å². The number of quaternary nitrogens is 1. The van der Waals surface area contributed by atoms with Gasteiger partial charge in [-0.3, -0.25) is 14.9 Å². The van der Waals surface area contributed by atoms with E-state index in [9.17, 15) is 14.9 Å². The molecule has 0 aromatic heterocycles. The summed E-state index contributed by atoms with van der Waals surface area (Å²) in [5.41, 5.74) is 2.11. The second-order valence-electron chi connectivity index (χ2n) is 6.07. The lowest BCUT2D eigenvalue weighted by Gasteiger charge is -2.16. The van der Waals surface area contributed by atoms with Crippen LogP contribution in [0.5, 0.6) is 5.75 Å². The molecule has 138 valence electrons. The van der Waals surface area contributed by atoms with E-state index < -0.39 is 4.92 Å². The first-order valence-corrected chi connectivity index (χ1v) is 8.36. The molecule has 2 aromatic carbocycles. The number of nitrogens with zero attached hydrogens (tertiary/aromatic N) is 1. The van der Waals surface area contributed by atoms with Crippen LogP contribution >= 0.6 is 11.6 Å². The van der Waals surface area contributed by atoms with Crippen molar-refractivity contribution in [1.29, 1.82) is 0 Å². The van der Waals surface area contributed by atoms with Crippen LogP contribution < -0.4 is 15.0 Å². The number of nitro benzene ring substituents is 1. The Morgan fingerprint density at radius 2 is 2.04 bits per heavy atom. The molecule has 0 spiro atoms. The minimum atomic E-state index is -0.463. The fourth-order valence-corrected chi connectivity index (χ4v) is 2.84. The number of ether oxygens (including phenoxy) is 1. The monoisotopic (exact) mass is 378 g/mol. The summed E-state index contributed by atoms with van der Waals surface area (Å²) in [5, 5.41) is 14.2. The Hall–Kier alpha value is -2.64. The number of carbonyl (C=O) groups is 1. The first-order valence-electron chi connectivity index (χ1n) is 7.98. The number of nitro groups is 1. The summed E-state index contributed by atoms with van der Waals surface area (Å²) in [5.74, 6) is 0.542. The summed E-state index contributed by atoms with van der Waals surface area (Å²) < 4.78 is 5.32. The quantitative estimate of drug-likeness (QED) is 0.571. The number of hydrogen-bond donors (Lipinski definition) is 2. The number of hydrogen-bond acceptors (Lipinski definition) is 4. The van der Waals surface area contributed by atoms with Crippen LogP contribution in [0.3, 0.4) is 0 Å². The van der Waals surface area contributed by atoms with Gasteiger partial charge in [0.05, 0.1) is 19.1 Å². The van der Waals surface area contributed by atoms with Crippen molar-refractivity contribution in [1.82, 2.24) is 0 Å². The van der Waals surface area contributed by atoms with Crippen molar-refractivity contribution in [2.45, 2.75) is 13.5 Å². The second-order valence-corrected chi connectivity index (χ2v) is 6.51. The summed E-state index contributed by atoms with van der Waals surface area (Å²) in [6.07, 6.45) is 0. The fourth-order valence-electron chi connectivity index (χ4n) is 2.64. The number of aryl methyl sites for hydroxylation is 1. The lowest BCUT2D eigenvalue weighted by Crippen LogP contribution is -3.08. The van der Waals surface area contributed by atoms with E-state index in [0.29, 0.717) is 22.8 Å². The average Bonchev–Trinajstić information content (AvgIpc) is 2.56. The highest BCUT2D eigenvalue weighted by Gasteiger charge is 2.15. The van der Waals surface area contributed by atoms with E-state index in [4.69, 9.17) is 16.3 Å². The average molecular weight is 379 g/mol. The maximum absolute atomic E-state index is 12.3. The second kappa shape index (κ2) is 8.64. The van der Waals surface area contributed by atoms with Gasteiger partial charge < -0.3 is 15.0 Å². The highest BCUT2D eigenvalue weighted by atomic mass is 35.5. The molecule has 0 saturated carbocycles. The molecule has 1 amide bonds. The zero-order valence-corrected chi connectivity index (χ0v) is 15.6. The van der Waals surface area contributed by atoms with Crippen molar-refractivity contribution < 1.29 is 19.4 Å². The molecule has 0 aliphatic carbocycles. The van der Waals surface area contributed by atoms with Gasteiger partial charge in [-0.1, -0.05) is 11.6 Å². The lowest BCUT2D eigenvalue weighted by atomic mass is 10.1. The van der Waals surface area contributed by atoms with Crippen molar-refractivity contribution >= 4 is 28.9 Å². The third-order valence-corrected chi connectivity index (χ3v) is 4.13. The normalized spacial score (nSPS) is 11.7. The lowest BCUT2D eigenvalue weighted by molar-refractivity contribution is -0.885. The Kier molecular flexibility index (Phi) is 6.54. The molecule has 7 nitrogen and oxygen atoms in total. The smallest absolute Gasteiger partial charge is 0.279 e. The molecule has 1 unspecified atom stereocenters. The van der Waals surface area contributed by atoms with Crippen LogP contribution in [0.25, 0.3) is 0 Å². The highest BCUT2D eigenvalue weighted by Crippen LogP contribution is 2.22. The van der Waals surface area contributed by atoms with Gasteiger partial charge in [-0.25, -0.2) is 0 Å². The summed E-state index contributed by atoms with van der Waals surface area (Å²) in [6, 6.07) is 9.72. The number of carbonyl (C=O) groups excluding carboxylic acids is 1. The number of benzene rings is 2. The van der Waals surface area contributed by atoms with Gasteiger partial charge in [-0.2, -0.15) is 0 Å². The minimum Gasteiger partial charge on any atom is -0.496 e. The molecule has 0 bridgehead atoms. The van der Waals surface area contributed by atoms with Crippen LogP contribution in [0.4, 0.5) is 11.4 Å². The predicted molar refractivity (Wildman–Crippen MR) is 99.9 cm³/mol. The Morgan fingerprint density at radius 3 is 2.65 bits per heavy atom. The van der Waals surface area contributed by atoms with E-state index in [1.54, 1.807) is 32.2 Å². The van der Waals surface area contributed by atoms with Crippen LogP contribution in [0.15, 0.2) is 36.4 Å². The molecular weight excluding hydrogens is 358 g/mol. The molecule has 1 atom stereocenters. The van der Waals surface area contributed by atoms with Gasteiger partial charge in [0.1, 0.15) is 12.3 Å². The third kappa shape index (κ3) is 5.18. The van der Waals surface area contributed by atoms with Gasteiger partial charge in [-0.15, -0.1) is 0 Å². The summed E-state index contributed by atoms with van der Waals surface area (Å²) in [4.78, 5) is 23.5. The van der Waals surface area contributed by atoms with Gasteiger partial charge in [-0.05, 0) is 36.8 Å². The Labute approximate surface area is 156 Å². The van der Waals surface area contributed by atoms with Gasteiger partial charge in [0.2, 0.25) is 0 Å². The SMILES string of the molecule is COc1ccc(Cl)cc1C[NH+](C)CC(=O)Nc1ccc([N+](=O)[O-])cc1C. The number of likely N-dealkylation sites (N-methyl/N-ethyl adjacent to an activating group) is 1. The molecule has 0 heterocycles. The molecule has 0 aliphatic heterocycles. The van der Waals surface area contributed by atoms with E-state index in [-0.39, 0.29) is 18.1 Å². The summed E-state index contributed by atoms with van der Waals surface area (Å²) in [6.45, 7) is 2.51. The Bertz CT molecular complexity index is 826. The van der Waals surface area contributed by atoms with Crippen LogP contribution in [0.2, 0.25) is 5.02 Å². The molecule has 8 heteroatoms. The molecule has 0 aliphatic rings. The van der Waals surface area contributed by atoms with E-state index in [2.05, 4.69) is 5.32 Å². The van der Waals surface area contributed by atoms with E-state index in [1.807, 2.05) is 13.1 Å². The third-order valence-electron chi connectivity index (χ3n) is 3.89. The maximum Gasteiger partial charge on any atom is 0.279 e. The molecular formula is C18H21ClN3O4+. The largest absolute Gasteiger partial charge is 0.496 e. The van der Waals surface area contributed by atoms with Gasteiger partial charge in [0, 0.05) is 28.4 Å². The number of rotatable bonds is 7. The van der Waals surface area contributed by atoms with E-state index in [0.717, 1.165) is 16.2 Å². The standard InChI is InChI=1S/C18H20ClN3O4/c1-12-8-15(22(24)25)5-6-16(12)20-18(23)11-21(2)10-13-9-14(19)4-7-17(13)26-3/h4-9H,10-11H2,1-3H3,(H,20,23)/p+1. The first-order chi connectivity index (χ1) is 12.3. The Balaban J connectivity index is 1.99. The minimum absolute atomic E-state index is 0.00343. The van der Waals surface area contributed by atoms with E-state index in [1.165, 1.54) is 12.1 Å². The van der Waals surface area contributed by atoms with E-state index >= 15 is 0 Å². The Morgan fingerprint density at radius 1 is 1.31 bits per heavy atom. The summed E-state index contributed by atoms with van der Waals surface area (Å²) >= 11 is 6.03. The van der Waals surface area contributed by atoms with Crippen LogP contribution in [0.1, 0.15) is 11.1 Å². The van der Waals surface area contributed by atoms with Crippen molar-refractivity contribution in [3.05, 3.63) is 62.7 Å². The van der Waals surface area contributed by atoms with Crippen LogP contribution in [0, 0.1) is 17.0 Å². The first kappa shape index (κ1) is 19.7. The van der Waals surface area contributed by atoms with Crippen molar-refractivity contribution in [2.75, 3.05) is 26.0 Å². The zero-order valence-electron chi connectivity index (χ0n) is 14.8. The molecule has 0 saturated heterocycles. The molecule has 2 N–H and O–H groups in total. The number of methoxy groups -OCH3 is 1. The number of non-ortho nitro benzene ring substituents is 1. The number of halogens is 1. The number of amides is 1. The molecule has 26 heavy (non-hydrogen) atoms. The number of nitrogens with one attached hydrogen (secondary N) is 2. The molecule has 2 rings (SSSR count). The predicted octanol–water partition coefficient (Wildman–Crippen LogP) is 2.22. The maximum atomic E-state index is 12.3. The van der Waals surface area contributed by atoms with Crippen LogP contribution in [-0.4, -0.2) is 31.5 Å².